The number of hydrogen-bond donors (Lipinski definition) is 2. The standard InChI is InChI=1S/2C13H16N2.ClH/c2*1-9-5-4-6-12(10(9)2)11(3)13-7-14-8-15-13;/h2*4-8,11H,1-3H3,(H,14,15);1H/t2*11-;/m00./s1. The van der Waals surface area contributed by atoms with Crippen LogP contribution in [0.3, 0.4) is 0 Å². The molecule has 0 aliphatic heterocycles. The van der Waals surface area contributed by atoms with Crippen molar-refractivity contribution >= 4 is 12.4 Å². The van der Waals surface area contributed by atoms with Gasteiger partial charge in [-0.3, -0.25) is 0 Å². The fraction of sp³-hybridized carbons (Fsp3) is 0.308. The molecule has 5 heteroatoms. The Morgan fingerprint density at radius 1 is 0.645 bits per heavy atom. The number of nitrogens with one attached hydrogen (secondary N) is 2. The van der Waals surface area contributed by atoms with E-state index in [0.717, 1.165) is 0 Å². The molecule has 31 heavy (non-hydrogen) atoms. The van der Waals surface area contributed by atoms with Gasteiger partial charge in [-0.25, -0.2) is 9.97 Å². The lowest BCUT2D eigenvalue weighted by atomic mass is 9.92. The Hall–Kier alpha value is -2.85. The Kier molecular flexibility index (Phi) is 8.64. The Balaban J connectivity index is 0.000000213. The van der Waals surface area contributed by atoms with Crippen LogP contribution in [0.2, 0.25) is 0 Å². The highest BCUT2D eigenvalue weighted by Gasteiger charge is 2.13. The van der Waals surface area contributed by atoms with Gasteiger partial charge in [-0.2, -0.15) is 0 Å². The van der Waals surface area contributed by atoms with E-state index >= 15 is 0 Å². The molecule has 0 saturated carbocycles. The van der Waals surface area contributed by atoms with Crippen molar-refractivity contribution in [2.24, 2.45) is 0 Å². The van der Waals surface area contributed by atoms with Crippen LogP contribution in [0.25, 0.3) is 0 Å². The molecule has 2 aromatic heterocycles. The predicted octanol–water partition coefficient (Wildman–Crippen LogP) is 6.78. The van der Waals surface area contributed by atoms with E-state index in [-0.39, 0.29) is 12.4 Å². The second-order valence-electron chi connectivity index (χ2n) is 8.04. The first-order chi connectivity index (χ1) is 14.4. The summed E-state index contributed by atoms with van der Waals surface area (Å²) in [6, 6.07) is 12.9. The smallest absolute Gasteiger partial charge is 0.0921 e. The number of nitrogens with zero attached hydrogens (tertiary/aromatic N) is 2. The summed E-state index contributed by atoms with van der Waals surface area (Å²) in [6.45, 7) is 13.1. The van der Waals surface area contributed by atoms with Crippen LogP contribution in [0.5, 0.6) is 0 Å². The molecule has 4 nitrogen and oxygen atoms in total. The number of H-pyrrole nitrogens is 2. The van der Waals surface area contributed by atoms with Gasteiger partial charge in [-0.15, -0.1) is 12.4 Å². The molecule has 4 rings (SSSR count). The van der Waals surface area contributed by atoms with E-state index in [1.807, 2.05) is 12.4 Å². The van der Waals surface area contributed by atoms with Crippen LogP contribution >= 0.6 is 12.4 Å². The number of rotatable bonds is 4. The molecule has 0 radical (unpaired) electrons. The number of imidazole rings is 2. The van der Waals surface area contributed by atoms with Gasteiger partial charge in [0, 0.05) is 35.6 Å². The summed E-state index contributed by atoms with van der Waals surface area (Å²) in [5, 5.41) is 0. The summed E-state index contributed by atoms with van der Waals surface area (Å²) >= 11 is 0. The number of halogens is 1. The molecule has 0 bridgehead atoms. The second-order valence-corrected chi connectivity index (χ2v) is 8.04. The first-order valence-electron chi connectivity index (χ1n) is 10.5. The van der Waals surface area contributed by atoms with Crippen molar-refractivity contribution in [3.63, 3.8) is 0 Å². The summed E-state index contributed by atoms with van der Waals surface area (Å²) < 4.78 is 0. The molecule has 2 N–H and O–H groups in total. The third-order valence-corrected chi connectivity index (χ3v) is 6.20. The fourth-order valence-corrected chi connectivity index (χ4v) is 3.83. The summed E-state index contributed by atoms with van der Waals surface area (Å²) in [6.07, 6.45) is 7.26. The SMILES string of the molecule is Cc1cccc([C@H](C)c2cnc[nH]2)c1C.Cc1cccc([C@H](C)c2cnc[nH]2)c1C.Cl. The van der Waals surface area contributed by atoms with Gasteiger partial charge >= 0.3 is 0 Å². The van der Waals surface area contributed by atoms with Crippen LogP contribution in [0, 0.1) is 27.7 Å². The molecule has 0 spiro atoms. The first-order valence-corrected chi connectivity index (χ1v) is 10.5. The monoisotopic (exact) mass is 436 g/mol. The van der Waals surface area contributed by atoms with E-state index in [0.29, 0.717) is 11.8 Å². The maximum absolute atomic E-state index is 4.07. The van der Waals surface area contributed by atoms with Gasteiger partial charge in [0.2, 0.25) is 0 Å². The first kappa shape index (κ1) is 24.4. The van der Waals surface area contributed by atoms with Crippen molar-refractivity contribution in [2.75, 3.05) is 0 Å². The van der Waals surface area contributed by atoms with Gasteiger partial charge in [0.25, 0.3) is 0 Å². The van der Waals surface area contributed by atoms with E-state index in [2.05, 4.69) is 97.9 Å². The van der Waals surface area contributed by atoms with Crippen molar-refractivity contribution in [1.29, 1.82) is 0 Å². The van der Waals surface area contributed by atoms with Gasteiger partial charge in [0.05, 0.1) is 12.7 Å². The molecule has 2 aromatic carbocycles. The molecule has 164 valence electrons. The van der Waals surface area contributed by atoms with Crippen LogP contribution in [0.4, 0.5) is 0 Å². The molecular formula is C26H33ClN4. The lowest BCUT2D eigenvalue weighted by molar-refractivity contribution is 0.871. The highest BCUT2D eigenvalue weighted by atomic mass is 35.5. The number of aryl methyl sites for hydroxylation is 2. The quantitative estimate of drug-likeness (QED) is 0.370. The van der Waals surface area contributed by atoms with Crippen molar-refractivity contribution in [2.45, 2.75) is 53.4 Å². The average molecular weight is 437 g/mol. The average Bonchev–Trinajstić information content (AvgIpc) is 3.46. The summed E-state index contributed by atoms with van der Waals surface area (Å²) in [4.78, 5) is 14.5. The minimum atomic E-state index is 0. The molecule has 0 saturated heterocycles. The molecule has 0 aliphatic carbocycles. The molecule has 2 atom stereocenters. The number of hydrogen-bond acceptors (Lipinski definition) is 2. The molecule has 0 amide bonds. The van der Waals surface area contributed by atoms with Crippen molar-refractivity contribution in [1.82, 2.24) is 19.9 Å². The van der Waals surface area contributed by atoms with Crippen molar-refractivity contribution in [3.8, 4) is 0 Å². The van der Waals surface area contributed by atoms with Gasteiger partial charge in [-0.1, -0.05) is 50.2 Å². The fourth-order valence-electron chi connectivity index (χ4n) is 3.83. The van der Waals surface area contributed by atoms with Crippen LogP contribution < -0.4 is 0 Å². The Bertz CT molecular complexity index is 981. The highest BCUT2D eigenvalue weighted by molar-refractivity contribution is 5.85. The van der Waals surface area contributed by atoms with Gasteiger partial charge in [0.15, 0.2) is 0 Å². The van der Waals surface area contributed by atoms with Crippen molar-refractivity contribution in [3.05, 3.63) is 106 Å². The van der Waals surface area contributed by atoms with Crippen LogP contribution in [-0.2, 0) is 0 Å². The third-order valence-electron chi connectivity index (χ3n) is 6.20. The van der Waals surface area contributed by atoms with Gasteiger partial charge < -0.3 is 9.97 Å². The maximum Gasteiger partial charge on any atom is 0.0921 e. The topological polar surface area (TPSA) is 57.4 Å². The molecule has 0 fully saturated rings. The lowest BCUT2D eigenvalue weighted by Gasteiger charge is -2.14. The zero-order valence-corrected chi connectivity index (χ0v) is 20.0. The van der Waals surface area contributed by atoms with Gasteiger partial charge in [-0.05, 0) is 61.1 Å². The highest BCUT2D eigenvalue weighted by Crippen LogP contribution is 2.27. The summed E-state index contributed by atoms with van der Waals surface area (Å²) in [5.41, 5.74) is 10.5. The largest absolute Gasteiger partial charge is 0.348 e. The molecule has 0 unspecified atom stereocenters. The zero-order chi connectivity index (χ0) is 21.7. The van der Waals surface area contributed by atoms with Gasteiger partial charge in [0.1, 0.15) is 0 Å². The predicted molar refractivity (Wildman–Crippen MR) is 131 cm³/mol. The molecule has 2 heterocycles. The molecule has 0 aliphatic rings. The Morgan fingerprint density at radius 2 is 1.03 bits per heavy atom. The maximum atomic E-state index is 4.07. The number of aromatic nitrogens is 4. The third kappa shape index (κ3) is 5.65. The number of benzene rings is 2. The number of aromatic amines is 2. The molecule has 4 aromatic rings. The van der Waals surface area contributed by atoms with Crippen molar-refractivity contribution < 1.29 is 0 Å². The van der Waals surface area contributed by atoms with E-state index in [1.54, 1.807) is 12.7 Å². The Labute approximate surface area is 192 Å². The molecular weight excluding hydrogens is 404 g/mol. The summed E-state index contributed by atoms with van der Waals surface area (Å²) in [7, 11) is 0. The minimum absolute atomic E-state index is 0. The van der Waals surface area contributed by atoms with E-state index in [1.165, 1.54) is 44.8 Å². The zero-order valence-electron chi connectivity index (χ0n) is 19.2. The van der Waals surface area contributed by atoms with E-state index < -0.39 is 0 Å². The minimum Gasteiger partial charge on any atom is -0.348 e. The van der Waals surface area contributed by atoms with Crippen LogP contribution in [0.15, 0.2) is 61.4 Å². The Morgan fingerprint density at radius 3 is 1.35 bits per heavy atom. The van der Waals surface area contributed by atoms with Crippen LogP contribution in [-0.4, -0.2) is 19.9 Å². The normalized spacial score (nSPS) is 12.3. The van der Waals surface area contributed by atoms with E-state index in [9.17, 15) is 0 Å². The second kappa shape index (κ2) is 11.0. The lowest BCUT2D eigenvalue weighted by Crippen LogP contribution is -2.00. The summed E-state index contributed by atoms with van der Waals surface area (Å²) in [5.74, 6) is 0.764. The van der Waals surface area contributed by atoms with Crippen LogP contribution in [0.1, 0.15) is 70.5 Å². The van der Waals surface area contributed by atoms with E-state index in [4.69, 9.17) is 0 Å².